The summed E-state index contributed by atoms with van der Waals surface area (Å²) in [6.45, 7) is 10.8. The number of hydrogen-bond acceptors (Lipinski definition) is 7. The van der Waals surface area contributed by atoms with Gasteiger partial charge in [0, 0.05) is 58.9 Å². The van der Waals surface area contributed by atoms with Gasteiger partial charge in [0.05, 0.1) is 12.2 Å². The van der Waals surface area contributed by atoms with E-state index in [4.69, 9.17) is 4.74 Å². The molecule has 0 unspecified atom stereocenters. The molecule has 0 radical (unpaired) electrons. The topological polar surface area (TPSA) is 79.6 Å². The molecule has 0 aromatic heterocycles. The Morgan fingerprint density at radius 3 is 1.61 bits per heavy atom. The van der Waals surface area contributed by atoms with Gasteiger partial charge in [0.1, 0.15) is 18.5 Å². The summed E-state index contributed by atoms with van der Waals surface area (Å²) < 4.78 is 5.67. The second-order valence-electron chi connectivity index (χ2n) is 7.88. The number of rotatable bonds is 9. The van der Waals surface area contributed by atoms with E-state index in [0.717, 1.165) is 45.0 Å². The number of benzene rings is 1. The molecule has 7 heteroatoms. The first kappa shape index (κ1) is 23.1. The van der Waals surface area contributed by atoms with Crippen LogP contribution in [0.3, 0.4) is 0 Å². The average molecular weight is 396 g/mol. The minimum atomic E-state index is -0.573. The van der Waals surface area contributed by atoms with Crippen LogP contribution in [0.1, 0.15) is 13.8 Å². The van der Waals surface area contributed by atoms with E-state index in [9.17, 15) is 15.3 Å². The number of hydrogen-bond donors (Lipinski definition) is 3. The lowest BCUT2D eigenvalue weighted by Crippen LogP contribution is -2.42. The van der Waals surface area contributed by atoms with Crippen LogP contribution in [0.25, 0.3) is 0 Å². The van der Waals surface area contributed by atoms with Gasteiger partial charge in [-0.1, -0.05) is 18.2 Å². The van der Waals surface area contributed by atoms with Gasteiger partial charge in [-0.3, -0.25) is 14.7 Å². The Balaban J connectivity index is 1.88. The Morgan fingerprint density at radius 1 is 0.750 bits per heavy atom. The number of β-amino-alcohol motifs (C(OH)–C–C–N with tert-alkyl or cyclic N) is 3. The van der Waals surface area contributed by atoms with Crippen LogP contribution >= 0.6 is 0 Å². The van der Waals surface area contributed by atoms with Crippen LogP contribution in [0.5, 0.6) is 5.75 Å². The minimum absolute atomic E-state index is 0.259. The second-order valence-corrected chi connectivity index (χ2v) is 7.88. The molecule has 3 atom stereocenters. The Bertz CT molecular complexity index is 508. The van der Waals surface area contributed by atoms with Crippen molar-refractivity contribution in [2.45, 2.75) is 32.2 Å². The molecule has 7 nitrogen and oxygen atoms in total. The van der Waals surface area contributed by atoms with Gasteiger partial charge in [-0.25, -0.2) is 0 Å². The van der Waals surface area contributed by atoms with E-state index in [1.54, 1.807) is 0 Å². The highest BCUT2D eigenvalue weighted by molar-refractivity contribution is 5.20. The fourth-order valence-corrected chi connectivity index (χ4v) is 3.54. The van der Waals surface area contributed by atoms with Crippen molar-refractivity contribution in [3.8, 4) is 5.75 Å². The second kappa shape index (κ2) is 12.4. The van der Waals surface area contributed by atoms with Gasteiger partial charge in [-0.15, -0.1) is 0 Å². The zero-order chi connectivity index (χ0) is 20.4. The van der Waals surface area contributed by atoms with Gasteiger partial charge < -0.3 is 20.1 Å². The zero-order valence-electron chi connectivity index (χ0n) is 17.3. The molecule has 0 bridgehead atoms. The van der Waals surface area contributed by atoms with Gasteiger partial charge in [0.2, 0.25) is 0 Å². The molecule has 0 aliphatic carbocycles. The first-order valence-corrected chi connectivity index (χ1v) is 10.3. The number of para-hydroxylation sites is 1. The van der Waals surface area contributed by atoms with Crippen molar-refractivity contribution in [3.05, 3.63) is 30.3 Å². The smallest absolute Gasteiger partial charge is 0.119 e. The molecular formula is C21H37N3O4. The van der Waals surface area contributed by atoms with Crippen LogP contribution in [0.4, 0.5) is 0 Å². The first-order valence-electron chi connectivity index (χ1n) is 10.3. The van der Waals surface area contributed by atoms with E-state index in [1.165, 1.54) is 0 Å². The molecule has 1 fully saturated rings. The lowest BCUT2D eigenvalue weighted by molar-refractivity contribution is 0.0607. The third-order valence-electron chi connectivity index (χ3n) is 4.90. The summed E-state index contributed by atoms with van der Waals surface area (Å²) in [5, 5.41) is 30.0. The normalized spacial score (nSPS) is 21.3. The van der Waals surface area contributed by atoms with Gasteiger partial charge in [0.25, 0.3) is 0 Å². The van der Waals surface area contributed by atoms with Crippen LogP contribution in [0, 0.1) is 0 Å². The fraction of sp³-hybridized carbons (Fsp3) is 0.714. The summed E-state index contributed by atoms with van der Waals surface area (Å²) >= 11 is 0. The average Bonchev–Trinajstić information content (AvgIpc) is 2.73. The van der Waals surface area contributed by atoms with Crippen molar-refractivity contribution in [3.63, 3.8) is 0 Å². The molecule has 160 valence electrons. The van der Waals surface area contributed by atoms with Crippen molar-refractivity contribution in [1.82, 2.24) is 14.7 Å². The summed E-state index contributed by atoms with van der Waals surface area (Å²) in [7, 11) is 0. The molecule has 1 aliphatic rings. The van der Waals surface area contributed by atoms with E-state index in [-0.39, 0.29) is 18.8 Å². The Kier molecular flexibility index (Phi) is 10.2. The zero-order valence-corrected chi connectivity index (χ0v) is 17.3. The van der Waals surface area contributed by atoms with Crippen molar-refractivity contribution in [2.24, 2.45) is 0 Å². The van der Waals surface area contributed by atoms with Gasteiger partial charge in [-0.2, -0.15) is 0 Å². The van der Waals surface area contributed by atoms with E-state index in [1.807, 2.05) is 44.2 Å². The maximum atomic E-state index is 10.4. The van der Waals surface area contributed by atoms with Crippen LogP contribution in [-0.2, 0) is 0 Å². The highest BCUT2D eigenvalue weighted by Gasteiger charge is 2.20. The summed E-state index contributed by atoms with van der Waals surface area (Å²) in [5.41, 5.74) is 0. The Hall–Kier alpha value is -1.22. The molecule has 1 saturated heterocycles. The summed E-state index contributed by atoms with van der Waals surface area (Å²) in [6.07, 6.45) is -1.31. The van der Waals surface area contributed by atoms with Crippen molar-refractivity contribution < 1.29 is 20.1 Å². The summed E-state index contributed by atoms with van der Waals surface area (Å²) in [5.74, 6) is 0.761. The summed E-state index contributed by atoms with van der Waals surface area (Å²) in [6, 6.07) is 9.53. The fourth-order valence-electron chi connectivity index (χ4n) is 3.54. The molecule has 0 saturated carbocycles. The molecule has 3 N–H and O–H groups in total. The number of aliphatic hydroxyl groups is 3. The van der Waals surface area contributed by atoms with Crippen LogP contribution in [0.15, 0.2) is 30.3 Å². The summed E-state index contributed by atoms with van der Waals surface area (Å²) in [4.78, 5) is 6.75. The van der Waals surface area contributed by atoms with E-state index in [2.05, 4.69) is 14.7 Å². The molecule has 1 heterocycles. The lowest BCUT2D eigenvalue weighted by atomic mass is 10.3. The number of ether oxygens (including phenoxy) is 1. The van der Waals surface area contributed by atoms with Crippen LogP contribution in [0.2, 0.25) is 0 Å². The molecule has 28 heavy (non-hydrogen) atoms. The molecule has 1 aromatic carbocycles. The molecule has 1 aromatic rings. The third kappa shape index (κ3) is 9.32. The molecular weight excluding hydrogens is 358 g/mol. The standard InChI is InChI=1S/C21H37N3O4/c1-18(25)14-22-8-9-23(15-19(2)26)11-13-24(12-10-22)16-20(27)17-28-21-6-4-3-5-7-21/h3-7,18-20,25-27H,8-17H2,1-2H3/t18-,19-,20+/m0/s1. The molecule has 2 rings (SSSR count). The Morgan fingerprint density at radius 2 is 1.18 bits per heavy atom. The number of nitrogens with zero attached hydrogens (tertiary/aromatic N) is 3. The predicted molar refractivity (Wildman–Crippen MR) is 111 cm³/mol. The van der Waals surface area contributed by atoms with Crippen LogP contribution < -0.4 is 4.74 Å². The van der Waals surface area contributed by atoms with E-state index in [0.29, 0.717) is 19.6 Å². The lowest BCUT2D eigenvalue weighted by Gasteiger charge is -2.28. The molecule has 0 amide bonds. The van der Waals surface area contributed by atoms with Gasteiger partial charge >= 0.3 is 0 Å². The van der Waals surface area contributed by atoms with Crippen molar-refractivity contribution >= 4 is 0 Å². The van der Waals surface area contributed by atoms with Crippen molar-refractivity contribution in [2.75, 3.05) is 65.5 Å². The highest BCUT2D eigenvalue weighted by atomic mass is 16.5. The largest absolute Gasteiger partial charge is 0.491 e. The molecule has 0 spiro atoms. The maximum Gasteiger partial charge on any atom is 0.119 e. The monoisotopic (exact) mass is 395 g/mol. The third-order valence-corrected chi connectivity index (χ3v) is 4.90. The van der Waals surface area contributed by atoms with Gasteiger partial charge in [-0.05, 0) is 26.0 Å². The predicted octanol–water partition coefficient (Wildman–Crippen LogP) is 0.108. The first-order chi connectivity index (χ1) is 13.4. The van der Waals surface area contributed by atoms with Crippen LogP contribution in [-0.4, -0.2) is 114 Å². The SMILES string of the molecule is C[C@H](O)CN1CCN(C[C@@H](O)COc2ccccc2)CCN(C[C@H](C)O)CC1. The minimum Gasteiger partial charge on any atom is -0.491 e. The van der Waals surface area contributed by atoms with Gasteiger partial charge in [0.15, 0.2) is 0 Å². The molecule has 1 aliphatic heterocycles. The quantitative estimate of drug-likeness (QED) is 0.548. The van der Waals surface area contributed by atoms with Crippen molar-refractivity contribution in [1.29, 1.82) is 0 Å². The number of aliphatic hydroxyl groups excluding tert-OH is 3. The van der Waals surface area contributed by atoms with E-state index >= 15 is 0 Å². The highest BCUT2D eigenvalue weighted by Crippen LogP contribution is 2.09. The Labute approximate surface area is 169 Å². The van der Waals surface area contributed by atoms with E-state index < -0.39 is 6.10 Å². The maximum absolute atomic E-state index is 10.4.